The van der Waals surface area contributed by atoms with Crippen LogP contribution in [0.15, 0.2) is 23.1 Å². The van der Waals surface area contributed by atoms with Gasteiger partial charge in [-0.15, -0.1) is 0 Å². The van der Waals surface area contributed by atoms with E-state index in [9.17, 15) is 4.79 Å². The Morgan fingerprint density at radius 2 is 2.15 bits per heavy atom. The molecule has 0 spiro atoms. The molecule has 106 valence electrons. The fourth-order valence-electron chi connectivity index (χ4n) is 2.30. The lowest BCUT2D eigenvalue weighted by atomic mass is 9.82. The summed E-state index contributed by atoms with van der Waals surface area (Å²) in [4.78, 5) is 20.3. The molecule has 1 N–H and O–H groups in total. The first-order chi connectivity index (χ1) is 9.43. The molecule has 6 heteroatoms. The Hall–Kier alpha value is -2.24. The monoisotopic (exact) mass is 274 g/mol. The Labute approximate surface area is 117 Å². The van der Waals surface area contributed by atoms with Gasteiger partial charge >= 0.3 is 0 Å². The average Bonchev–Trinajstić information content (AvgIpc) is 2.77. The molecule has 2 heterocycles. The molecule has 0 aliphatic heterocycles. The highest BCUT2D eigenvalue weighted by molar-refractivity contribution is 5.87. The third-order valence-electron chi connectivity index (χ3n) is 3.30. The van der Waals surface area contributed by atoms with Gasteiger partial charge in [-0.05, 0) is 33.8 Å². The van der Waals surface area contributed by atoms with Crippen molar-refractivity contribution in [3.8, 4) is 0 Å². The fourth-order valence-corrected chi connectivity index (χ4v) is 2.30. The summed E-state index contributed by atoms with van der Waals surface area (Å²) in [6.07, 6.45) is 3.11. The zero-order valence-corrected chi connectivity index (χ0v) is 12.1. The van der Waals surface area contributed by atoms with E-state index >= 15 is 0 Å². The Morgan fingerprint density at radius 3 is 2.70 bits per heavy atom. The molecule has 0 aromatic carbocycles. The Bertz CT molecular complexity index is 585. The molecule has 2 aromatic rings. The highest BCUT2D eigenvalue weighted by Gasteiger charge is 2.35. The van der Waals surface area contributed by atoms with E-state index in [-0.39, 0.29) is 5.91 Å². The van der Waals surface area contributed by atoms with E-state index in [0.717, 1.165) is 17.0 Å². The van der Waals surface area contributed by atoms with Crippen LogP contribution in [0, 0.1) is 13.8 Å². The first kappa shape index (κ1) is 14.2. The van der Waals surface area contributed by atoms with Crippen LogP contribution in [-0.2, 0) is 16.8 Å². The standard InChI is InChI=1S/C14H18N4O2/c1-9-12(10(2)20-18-9)14(3,4)13(19)16-7-11-5-6-15-8-17-11/h5-6,8H,7H2,1-4H3,(H,16,19). The van der Waals surface area contributed by atoms with Gasteiger partial charge in [0.1, 0.15) is 12.1 Å². The largest absolute Gasteiger partial charge is 0.361 e. The van der Waals surface area contributed by atoms with Crippen LogP contribution in [0.25, 0.3) is 0 Å². The van der Waals surface area contributed by atoms with Crippen LogP contribution in [0.2, 0.25) is 0 Å². The van der Waals surface area contributed by atoms with Gasteiger partial charge in [-0.1, -0.05) is 5.16 Å². The number of carbonyl (C=O) groups excluding carboxylic acids is 1. The molecule has 0 saturated carbocycles. The fraction of sp³-hybridized carbons (Fsp3) is 0.429. The van der Waals surface area contributed by atoms with Gasteiger partial charge in [-0.25, -0.2) is 9.97 Å². The zero-order valence-electron chi connectivity index (χ0n) is 12.1. The van der Waals surface area contributed by atoms with Gasteiger partial charge in [0.25, 0.3) is 0 Å². The summed E-state index contributed by atoms with van der Waals surface area (Å²) >= 11 is 0. The van der Waals surface area contributed by atoms with Crippen LogP contribution >= 0.6 is 0 Å². The summed E-state index contributed by atoms with van der Waals surface area (Å²) in [6.45, 7) is 7.73. The summed E-state index contributed by atoms with van der Waals surface area (Å²) in [5.74, 6) is 0.579. The molecule has 1 amide bonds. The van der Waals surface area contributed by atoms with Crippen molar-refractivity contribution in [1.82, 2.24) is 20.4 Å². The predicted molar refractivity (Wildman–Crippen MR) is 72.9 cm³/mol. The summed E-state index contributed by atoms with van der Waals surface area (Å²) < 4.78 is 5.14. The van der Waals surface area contributed by atoms with Crippen molar-refractivity contribution in [2.45, 2.75) is 39.7 Å². The minimum absolute atomic E-state index is 0.0921. The van der Waals surface area contributed by atoms with Gasteiger partial charge in [0.2, 0.25) is 5.91 Å². The van der Waals surface area contributed by atoms with E-state index in [1.54, 1.807) is 12.3 Å². The van der Waals surface area contributed by atoms with Crippen LogP contribution in [0.4, 0.5) is 0 Å². The second-order valence-electron chi connectivity index (χ2n) is 5.21. The first-order valence-corrected chi connectivity index (χ1v) is 6.39. The summed E-state index contributed by atoms with van der Waals surface area (Å²) in [5.41, 5.74) is 1.63. The molecule has 0 unspecified atom stereocenters. The van der Waals surface area contributed by atoms with Crippen molar-refractivity contribution >= 4 is 5.91 Å². The number of aryl methyl sites for hydroxylation is 2. The number of rotatable bonds is 4. The van der Waals surface area contributed by atoms with Gasteiger partial charge < -0.3 is 9.84 Å². The van der Waals surface area contributed by atoms with Crippen molar-refractivity contribution in [1.29, 1.82) is 0 Å². The second-order valence-corrected chi connectivity index (χ2v) is 5.21. The number of hydrogen-bond acceptors (Lipinski definition) is 5. The molecule has 0 saturated heterocycles. The highest BCUT2D eigenvalue weighted by Crippen LogP contribution is 2.29. The Morgan fingerprint density at radius 1 is 1.40 bits per heavy atom. The minimum atomic E-state index is -0.707. The lowest BCUT2D eigenvalue weighted by Gasteiger charge is -2.23. The topological polar surface area (TPSA) is 80.9 Å². The van der Waals surface area contributed by atoms with E-state index in [4.69, 9.17) is 4.52 Å². The normalized spacial score (nSPS) is 11.4. The van der Waals surface area contributed by atoms with Crippen LogP contribution < -0.4 is 5.32 Å². The van der Waals surface area contributed by atoms with E-state index < -0.39 is 5.41 Å². The van der Waals surface area contributed by atoms with Gasteiger partial charge in [0.15, 0.2) is 0 Å². The molecular weight excluding hydrogens is 256 g/mol. The van der Waals surface area contributed by atoms with Crippen molar-refractivity contribution < 1.29 is 9.32 Å². The minimum Gasteiger partial charge on any atom is -0.361 e. The van der Waals surface area contributed by atoms with Crippen molar-refractivity contribution in [3.63, 3.8) is 0 Å². The number of carbonyl (C=O) groups is 1. The third-order valence-corrected chi connectivity index (χ3v) is 3.30. The van der Waals surface area contributed by atoms with Crippen molar-refractivity contribution in [3.05, 3.63) is 41.3 Å². The molecule has 0 fully saturated rings. The number of nitrogens with zero attached hydrogens (tertiary/aromatic N) is 3. The zero-order chi connectivity index (χ0) is 14.8. The second kappa shape index (κ2) is 5.40. The van der Waals surface area contributed by atoms with Crippen LogP contribution in [-0.4, -0.2) is 21.0 Å². The molecule has 2 aromatic heterocycles. The maximum atomic E-state index is 12.4. The number of nitrogens with one attached hydrogen (secondary N) is 1. The van der Waals surface area contributed by atoms with Crippen molar-refractivity contribution in [2.75, 3.05) is 0 Å². The van der Waals surface area contributed by atoms with Crippen LogP contribution in [0.1, 0.15) is 36.6 Å². The number of aromatic nitrogens is 3. The molecule has 0 aliphatic rings. The molecule has 0 aliphatic carbocycles. The summed E-state index contributed by atoms with van der Waals surface area (Å²) in [6, 6.07) is 1.77. The maximum Gasteiger partial charge on any atom is 0.230 e. The van der Waals surface area contributed by atoms with E-state index in [1.165, 1.54) is 6.33 Å². The Balaban J connectivity index is 2.12. The maximum absolute atomic E-state index is 12.4. The quantitative estimate of drug-likeness (QED) is 0.917. The van der Waals surface area contributed by atoms with E-state index in [2.05, 4.69) is 20.4 Å². The van der Waals surface area contributed by atoms with Gasteiger partial charge in [-0.3, -0.25) is 4.79 Å². The molecule has 0 radical (unpaired) electrons. The molecule has 6 nitrogen and oxygen atoms in total. The molecule has 0 bridgehead atoms. The smallest absolute Gasteiger partial charge is 0.230 e. The number of amides is 1. The molecule has 20 heavy (non-hydrogen) atoms. The molecule has 2 rings (SSSR count). The van der Waals surface area contributed by atoms with Crippen LogP contribution in [0.5, 0.6) is 0 Å². The number of hydrogen-bond donors (Lipinski definition) is 1. The highest BCUT2D eigenvalue weighted by atomic mass is 16.5. The lowest BCUT2D eigenvalue weighted by Crippen LogP contribution is -2.40. The summed E-state index contributed by atoms with van der Waals surface area (Å²) in [5, 5.41) is 6.79. The van der Waals surface area contributed by atoms with Gasteiger partial charge in [-0.2, -0.15) is 0 Å². The van der Waals surface area contributed by atoms with E-state index in [0.29, 0.717) is 12.3 Å². The predicted octanol–water partition coefficient (Wildman–Crippen LogP) is 1.68. The van der Waals surface area contributed by atoms with Gasteiger partial charge in [0, 0.05) is 11.8 Å². The van der Waals surface area contributed by atoms with Crippen LogP contribution in [0.3, 0.4) is 0 Å². The average molecular weight is 274 g/mol. The summed E-state index contributed by atoms with van der Waals surface area (Å²) in [7, 11) is 0. The molecule has 0 atom stereocenters. The third kappa shape index (κ3) is 2.68. The first-order valence-electron chi connectivity index (χ1n) is 6.39. The Kier molecular flexibility index (Phi) is 3.83. The van der Waals surface area contributed by atoms with E-state index in [1.807, 2.05) is 27.7 Å². The van der Waals surface area contributed by atoms with Gasteiger partial charge in [0.05, 0.1) is 23.3 Å². The lowest BCUT2D eigenvalue weighted by molar-refractivity contribution is -0.125. The van der Waals surface area contributed by atoms with Crippen molar-refractivity contribution in [2.24, 2.45) is 0 Å². The molecular formula is C14H18N4O2. The SMILES string of the molecule is Cc1noc(C)c1C(C)(C)C(=O)NCc1ccncn1.